The monoisotopic (exact) mass is 336 g/mol. The van der Waals surface area contributed by atoms with Crippen molar-refractivity contribution in [2.75, 3.05) is 11.9 Å². The number of carbonyl (C=O) groups is 2. The zero-order valence-electron chi connectivity index (χ0n) is 13.5. The van der Waals surface area contributed by atoms with Crippen LogP contribution in [-0.4, -0.2) is 33.5 Å². The van der Waals surface area contributed by atoms with Gasteiger partial charge in [-0.3, -0.25) is 14.7 Å². The van der Waals surface area contributed by atoms with Crippen molar-refractivity contribution in [2.24, 2.45) is 0 Å². The summed E-state index contributed by atoms with van der Waals surface area (Å²) < 4.78 is 5.43. The molecule has 25 heavy (non-hydrogen) atoms. The number of ketones is 1. The molecule has 7 heteroatoms. The summed E-state index contributed by atoms with van der Waals surface area (Å²) in [4.78, 5) is 27.3. The zero-order valence-corrected chi connectivity index (χ0v) is 13.5. The molecule has 0 aliphatic heterocycles. The van der Waals surface area contributed by atoms with E-state index in [1.165, 1.54) is 13.3 Å². The summed E-state index contributed by atoms with van der Waals surface area (Å²) in [5, 5.41) is 9.34. The first-order chi connectivity index (χ1) is 12.1. The molecule has 0 radical (unpaired) electrons. The Kier molecular flexibility index (Phi) is 4.84. The highest BCUT2D eigenvalue weighted by molar-refractivity contribution is 5.94. The Balaban J connectivity index is 1.57. The lowest BCUT2D eigenvalue weighted by atomic mass is 10.1. The van der Waals surface area contributed by atoms with Gasteiger partial charge in [0.15, 0.2) is 18.2 Å². The first-order valence-electron chi connectivity index (χ1n) is 7.61. The number of aromatic amines is 1. The highest BCUT2D eigenvalue weighted by Gasteiger charge is 2.07. The summed E-state index contributed by atoms with van der Waals surface area (Å²) in [6.07, 6.45) is 1.42. The standard InChI is InChI=1S/C18H16N4O3/c1-12(23)13-5-7-16(8-6-13)25-10-17(24)21-15-4-2-3-14(9-15)18-19-11-20-22-18/h2-9,11H,10H2,1H3,(H,21,24)(H,19,20,22). The fourth-order valence-corrected chi connectivity index (χ4v) is 2.22. The number of nitrogens with zero attached hydrogens (tertiary/aromatic N) is 2. The van der Waals surface area contributed by atoms with E-state index in [2.05, 4.69) is 20.5 Å². The molecule has 0 atom stereocenters. The van der Waals surface area contributed by atoms with Gasteiger partial charge in [0.25, 0.3) is 5.91 Å². The van der Waals surface area contributed by atoms with E-state index in [9.17, 15) is 9.59 Å². The predicted octanol–water partition coefficient (Wildman–Crippen LogP) is 2.69. The molecule has 0 spiro atoms. The second kappa shape index (κ2) is 7.39. The van der Waals surface area contributed by atoms with Crippen molar-refractivity contribution in [3.63, 3.8) is 0 Å². The number of carbonyl (C=O) groups excluding carboxylic acids is 2. The van der Waals surface area contributed by atoms with Crippen LogP contribution in [0.25, 0.3) is 11.4 Å². The van der Waals surface area contributed by atoms with Crippen molar-refractivity contribution >= 4 is 17.4 Å². The maximum absolute atomic E-state index is 12.0. The van der Waals surface area contributed by atoms with Crippen molar-refractivity contribution in [2.45, 2.75) is 6.92 Å². The van der Waals surface area contributed by atoms with E-state index in [1.807, 2.05) is 12.1 Å². The molecule has 1 amide bonds. The van der Waals surface area contributed by atoms with Crippen molar-refractivity contribution in [3.8, 4) is 17.1 Å². The molecule has 0 aliphatic carbocycles. The van der Waals surface area contributed by atoms with Crippen LogP contribution in [0.1, 0.15) is 17.3 Å². The minimum Gasteiger partial charge on any atom is -0.484 e. The Bertz CT molecular complexity index is 874. The number of amides is 1. The van der Waals surface area contributed by atoms with Crippen LogP contribution in [-0.2, 0) is 4.79 Å². The van der Waals surface area contributed by atoms with E-state index in [0.29, 0.717) is 22.8 Å². The van der Waals surface area contributed by atoms with Gasteiger partial charge in [0.1, 0.15) is 12.1 Å². The molecule has 0 aliphatic rings. The molecule has 0 unspecified atom stereocenters. The Morgan fingerprint density at radius 3 is 2.64 bits per heavy atom. The Hall–Kier alpha value is -3.48. The number of anilines is 1. The number of hydrogen-bond acceptors (Lipinski definition) is 5. The highest BCUT2D eigenvalue weighted by Crippen LogP contribution is 2.18. The molecule has 2 N–H and O–H groups in total. The molecule has 0 fully saturated rings. The number of rotatable bonds is 6. The van der Waals surface area contributed by atoms with Crippen LogP contribution >= 0.6 is 0 Å². The lowest BCUT2D eigenvalue weighted by Crippen LogP contribution is -2.20. The minimum atomic E-state index is -0.287. The van der Waals surface area contributed by atoms with Gasteiger partial charge in [-0.1, -0.05) is 12.1 Å². The molecular weight excluding hydrogens is 320 g/mol. The SMILES string of the molecule is CC(=O)c1ccc(OCC(=O)Nc2cccc(-c3ncn[nH]3)c2)cc1. The molecule has 1 heterocycles. The van der Waals surface area contributed by atoms with E-state index in [-0.39, 0.29) is 18.3 Å². The maximum Gasteiger partial charge on any atom is 0.262 e. The number of ether oxygens (including phenoxy) is 1. The summed E-state index contributed by atoms with van der Waals surface area (Å²) in [5.74, 6) is 0.842. The van der Waals surface area contributed by atoms with E-state index >= 15 is 0 Å². The van der Waals surface area contributed by atoms with Gasteiger partial charge in [0, 0.05) is 16.8 Å². The van der Waals surface area contributed by atoms with Gasteiger partial charge in [0.05, 0.1) is 0 Å². The van der Waals surface area contributed by atoms with Crippen LogP contribution in [0.3, 0.4) is 0 Å². The van der Waals surface area contributed by atoms with Crippen LogP contribution in [0.15, 0.2) is 54.9 Å². The van der Waals surface area contributed by atoms with Crippen LogP contribution in [0, 0.1) is 0 Å². The second-order valence-corrected chi connectivity index (χ2v) is 5.33. The van der Waals surface area contributed by atoms with E-state index in [0.717, 1.165) is 5.56 Å². The lowest BCUT2D eigenvalue weighted by Gasteiger charge is -2.08. The second-order valence-electron chi connectivity index (χ2n) is 5.33. The quantitative estimate of drug-likeness (QED) is 0.675. The van der Waals surface area contributed by atoms with Crippen LogP contribution in [0.2, 0.25) is 0 Å². The third kappa shape index (κ3) is 4.29. The Morgan fingerprint density at radius 2 is 1.96 bits per heavy atom. The third-order valence-electron chi connectivity index (χ3n) is 3.47. The topological polar surface area (TPSA) is 97.0 Å². The molecule has 0 saturated carbocycles. The van der Waals surface area contributed by atoms with Crippen LogP contribution in [0.4, 0.5) is 5.69 Å². The molecule has 126 valence electrons. The summed E-state index contributed by atoms with van der Waals surface area (Å²) >= 11 is 0. The van der Waals surface area contributed by atoms with Gasteiger partial charge in [-0.2, -0.15) is 5.10 Å². The van der Waals surface area contributed by atoms with Gasteiger partial charge in [-0.15, -0.1) is 0 Å². The molecule has 7 nitrogen and oxygen atoms in total. The molecular formula is C18H16N4O3. The summed E-state index contributed by atoms with van der Waals surface area (Å²) in [5.41, 5.74) is 2.05. The Labute approximate surface area is 144 Å². The molecule has 3 aromatic rings. The Morgan fingerprint density at radius 1 is 1.16 bits per heavy atom. The fourth-order valence-electron chi connectivity index (χ4n) is 2.22. The molecule has 0 saturated heterocycles. The van der Waals surface area contributed by atoms with Crippen molar-refractivity contribution in [1.82, 2.24) is 15.2 Å². The van der Waals surface area contributed by atoms with Gasteiger partial charge >= 0.3 is 0 Å². The van der Waals surface area contributed by atoms with Gasteiger partial charge in [0.2, 0.25) is 0 Å². The average Bonchev–Trinajstić information content (AvgIpc) is 3.15. The van der Waals surface area contributed by atoms with Gasteiger partial charge in [-0.05, 0) is 43.3 Å². The number of aromatic nitrogens is 3. The number of nitrogens with one attached hydrogen (secondary N) is 2. The summed E-state index contributed by atoms with van der Waals surface area (Å²) in [6, 6.07) is 13.9. The van der Waals surface area contributed by atoms with Crippen LogP contribution in [0.5, 0.6) is 5.75 Å². The van der Waals surface area contributed by atoms with Crippen molar-refractivity contribution in [1.29, 1.82) is 0 Å². The highest BCUT2D eigenvalue weighted by atomic mass is 16.5. The van der Waals surface area contributed by atoms with Gasteiger partial charge < -0.3 is 10.1 Å². The number of benzene rings is 2. The lowest BCUT2D eigenvalue weighted by molar-refractivity contribution is -0.118. The predicted molar refractivity (Wildman–Crippen MR) is 92.4 cm³/mol. The maximum atomic E-state index is 12.0. The van der Waals surface area contributed by atoms with E-state index in [4.69, 9.17) is 4.74 Å². The first-order valence-corrected chi connectivity index (χ1v) is 7.61. The van der Waals surface area contributed by atoms with Crippen molar-refractivity contribution < 1.29 is 14.3 Å². The largest absolute Gasteiger partial charge is 0.484 e. The minimum absolute atomic E-state index is 0.0177. The van der Waals surface area contributed by atoms with Crippen molar-refractivity contribution in [3.05, 3.63) is 60.4 Å². The van der Waals surface area contributed by atoms with E-state index < -0.39 is 0 Å². The van der Waals surface area contributed by atoms with Crippen LogP contribution < -0.4 is 10.1 Å². The molecule has 0 bridgehead atoms. The number of Topliss-reactive ketones (excluding diaryl/α,β-unsaturated/α-hetero) is 1. The zero-order chi connectivity index (χ0) is 17.6. The van der Waals surface area contributed by atoms with Gasteiger partial charge in [-0.25, -0.2) is 4.98 Å². The molecule has 1 aromatic heterocycles. The number of hydrogen-bond donors (Lipinski definition) is 2. The fraction of sp³-hybridized carbons (Fsp3) is 0.111. The van der Waals surface area contributed by atoms with E-state index in [1.54, 1.807) is 36.4 Å². The smallest absolute Gasteiger partial charge is 0.262 e. The molecule has 2 aromatic carbocycles. The first kappa shape index (κ1) is 16.4. The number of H-pyrrole nitrogens is 1. The average molecular weight is 336 g/mol. The summed E-state index contributed by atoms with van der Waals surface area (Å²) in [6.45, 7) is 1.36. The molecule has 3 rings (SSSR count). The normalized spacial score (nSPS) is 10.3. The third-order valence-corrected chi connectivity index (χ3v) is 3.47. The summed E-state index contributed by atoms with van der Waals surface area (Å²) in [7, 11) is 0.